The SMILES string of the molecule is CCC1(C)CC(C)C1(CC)CC. The van der Waals surface area contributed by atoms with Crippen LogP contribution in [0.2, 0.25) is 0 Å². The lowest BCUT2D eigenvalue weighted by Crippen LogP contribution is -2.54. The first-order chi connectivity index (χ1) is 5.56. The third kappa shape index (κ3) is 0.963. The summed E-state index contributed by atoms with van der Waals surface area (Å²) in [5.74, 6) is 0.956. The summed E-state index contributed by atoms with van der Waals surface area (Å²) in [6.07, 6.45) is 5.55. The molecule has 0 aliphatic heterocycles. The van der Waals surface area contributed by atoms with E-state index in [9.17, 15) is 0 Å². The lowest BCUT2D eigenvalue weighted by atomic mass is 9.42. The van der Waals surface area contributed by atoms with Gasteiger partial charge in [0.15, 0.2) is 0 Å². The highest BCUT2D eigenvalue weighted by Crippen LogP contribution is 2.65. The first-order valence-electron chi connectivity index (χ1n) is 5.56. The molecule has 1 fully saturated rings. The molecule has 1 aliphatic rings. The van der Waals surface area contributed by atoms with Gasteiger partial charge < -0.3 is 0 Å². The Morgan fingerprint density at radius 1 is 1.08 bits per heavy atom. The van der Waals surface area contributed by atoms with Crippen molar-refractivity contribution in [3.8, 4) is 0 Å². The van der Waals surface area contributed by atoms with Crippen molar-refractivity contribution < 1.29 is 0 Å². The fourth-order valence-corrected chi connectivity index (χ4v) is 3.84. The lowest BCUT2D eigenvalue weighted by Gasteiger charge is -2.63. The van der Waals surface area contributed by atoms with Crippen LogP contribution < -0.4 is 0 Å². The van der Waals surface area contributed by atoms with Crippen molar-refractivity contribution in [1.82, 2.24) is 0 Å². The second kappa shape index (κ2) is 3.05. The number of rotatable bonds is 3. The van der Waals surface area contributed by atoms with E-state index in [-0.39, 0.29) is 0 Å². The highest BCUT2D eigenvalue weighted by atomic mass is 14.6. The van der Waals surface area contributed by atoms with Gasteiger partial charge in [-0.3, -0.25) is 0 Å². The third-order valence-corrected chi connectivity index (χ3v) is 4.94. The van der Waals surface area contributed by atoms with Crippen LogP contribution in [0.4, 0.5) is 0 Å². The van der Waals surface area contributed by atoms with Crippen molar-refractivity contribution in [1.29, 1.82) is 0 Å². The van der Waals surface area contributed by atoms with Crippen molar-refractivity contribution in [2.75, 3.05) is 0 Å². The minimum absolute atomic E-state index is 0.649. The van der Waals surface area contributed by atoms with Gasteiger partial charge in [0.1, 0.15) is 0 Å². The van der Waals surface area contributed by atoms with Crippen LogP contribution in [0.3, 0.4) is 0 Å². The topological polar surface area (TPSA) is 0 Å². The second-order valence-electron chi connectivity index (χ2n) is 4.88. The van der Waals surface area contributed by atoms with E-state index in [1.807, 2.05) is 0 Å². The standard InChI is InChI=1S/C12H24/c1-6-11(5)9-10(4)12(11,7-2)8-3/h10H,6-9H2,1-5H3. The van der Waals surface area contributed by atoms with Crippen molar-refractivity contribution in [3.05, 3.63) is 0 Å². The van der Waals surface area contributed by atoms with Crippen LogP contribution in [-0.2, 0) is 0 Å². The Hall–Kier alpha value is 0. The largest absolute Gasteiger partial charge is 0.0648 e. The molecule has 0 N–H and O–H groups in total. The average molecular weight is 168 g/mol. The smallest absolute Gasteiger partial charge is 0.0223 e. The summed E-state index contributed by atoms with van der Waals surface area (Å²) >= 11 is 0. The quantitative estimate of drug-likeness (QED) is 0.591. The summed E-state index contributed by atoms with van der Waals surface area (Å²) in [6.45, 7) is 12.0. The van der Waals surface area contributed by atoms with Gasteiger partial charge in [0.05, 0.1) is 0 Å². The van der Waals surface area contributed by atoms with Crippen LogP contribution in [0.5, 0.6) is 0 Å². The Labute approximate surface area is 77.7 Å². The molecule has 0 aromatic carbocycles. The van der Waals surface area contributed by atoms with Crippen LogP contribution in [0.1, 0.15) is 60.3 Å². The molecule has 0 spiro atoms. The molecule has 0 bridgehead atoms. The molecule has 0 heteroatoms. The van der Waals surface area contributed by atoms with E-state index >= 15 is 0 Å². The van der Waals surface area contributed by atoms with E-state index in [2.05, 4.69) is 34.6 Å². The van der Waals surface area contributed by atoms with Gasteiger partial charge in [-0.25, -0.2) is 0 Å². The Balaban J connectivity index is 2.83. The van der Waals surface area contributed by atoms with Crippen LogP contribution in [0, 0.1) is 16.7 Å². The van der Waals surface area contributed by atoms with Crippen molar-refractivity contribution in [2.24, 2.45) is 16.7 Å². The van der Waals surface area contributed by atoms with Crippen molar-refractivity contribution >= 4 is 0 Å². The predicted octanol–water partition coefficient (Wildman–Crippen LogP) is 4.25. The number of hydrogen-bond acceptors (Lipinski definition) is 0. The first kappa shape index (κ1) is 10.1. The Morgan fingerprint density at radius 2 is 1.58 bits per heavy atom. The first-order valence-corrected chi connectivity index (χ1v) is 5.56. The van der Waals surface area contributed by atoms with Gasteiger partial charge in [0.25, 0.3) is 0 Å². The Bertz CT molecular complexity index is 155. The molecular weight excluding hydrogens is 144 g/mol. The summed E-state index contributed by atoms with van der Waals surface area (Å²) in [5, 5.41) is 0. The highest BCUT2D eigenvalue weighted by molar-refractivity contribution is 5.06. The maximum absolute atomic E-state index is 2.49. The molecule has 2 unspecified atom stereocenters. The van der Waals surface area contributed by atoms with Crippen LogP contribution in [0.15, 0.2) is 0 Å². The molecule has 0 aromatic rings. The van der Waals surface area contributed by atoms with E-state index in [1.165, 1.54) is 25.7 Å². The summed E-state index contributed by atoms with van der Waals surface area (Å²) < 4.78 is 0. The Kier molecular flexibility index (Phi) is 2.56. The molecule has 1 aliphatic carbocycles. The normalized spacial score (nSPS) is 39.2. The van der Waals surface area contributed by atoms with E-state index in [4.69, 9.17) is 0 Å². The molecule has 0 aromatic heterocycles. The van der Waals surface area contributed by atoms with Crippen molar-refractivity contribution in [3.63, 3.8) is 0 Å². The summed E-state index contributed by atoms with van der Waals surface area (Å²) in [4.78, 5) is 0. The van der Waals surface area contributed by atoms with Gasteiger partial charge in [-0.2, -0.15) is 0 Å². The molecule has 1 saturated carbocycles. The predicted molar refractivity (Wildman–Crippen MR) is 55.2 cm³/mol. The minimum Gasteiger partial charge on any atom is -0.0648 e. The maximum Gasteiger partial charge on any atom is -0.0223 e. The summed E-state index contributed by atoms with van der Waals surface area (Å²) in [6, 6.07) is 0. The zero-order valence-electron chi connectivity index (χ0n) is 9.41. The van der Waals surface area contributed by atoms with Gasteiger partial charge in [-0.1, -0.05) is 41.0 Å². The van der Waals surface area contributed by atoms with Gasteiger partial charge in [-0.05, 0) is 36.0 Å². The molecule has 12 heavy (non-hydrogen) atoms. The molecule has 0 amide bonds. The molecule has 0 saturated heterocycles. The van der Waals surface area contributed by atoms with Gasteiger partial charge in [0.2, 0.25) is 0 Å². The molecule has 0 heterocycles. The van der Waals surface area contributed by atoms with Crippen LogP contribution >= 0.6 is 0 Å². The molecule has 2 atom stereocenters. The minimum atomic E-state index is 0.649. The van der Waals surface area contributed by atoms with Crippen molar-refractivity contribution in [2.45, 2.75) is 60.3 Å². The molecule has 72 valence electrons. The molecule has 1 rings (SSSR count). The average Bonchev–Trinajstić information content (AvgIpc) is 2.06. The summed E-state index contributed by atoms with van der Waals surface area (Å²) in [5.41, 5.74) is 1.32. The van der Waals surface area contributed by atoms with Gasteiger partial charge in [0, 0.05) is 0 Å². The zero-order valence-corrected chi connectivity index (χ0v) is 9.41. The van der Waals surface area contributed by atoms with E-state index in [0.717, 1.165) is 5.92 Å². The monoisotopic (exact) mass is 168 g/mol. The van der Waals surface area contributed by atoms with Crippen LogP contribution in [-0.4, -0.2) is 0 Å². The maximum atomic E-state index is 2.49. The molecule has 0 radical (unpaired) electrons. The highest BCUT2D eigenvalue weighted by Gasteiger charge is 2.56. The fraction of sp³-hybridized carbons (Fsp3) is 1.00. The molecular formula is C12H24. The second-order valence-corrected chi connectivity index (χ2v) is 4.88. The lowest BCUT2D eigenvalue weighted by molar-refractivity contribution is -0.135. The van der Waals surface area contributed by atoms with Gasteiger partial charge >= 0.3 is 0 Å². The third-order valence-electron chi connectivity index (χ3n) is 4.94. The Morgan fingerprint density at radius 3 is 1.75 bits per heavy atom. The van der Waals surface area contributed by atoms with E-state index in [1.54, 1.807) is 0 Å². The number of hydrogen-bond donors (Lipinski definition) is 0. The van der Waals surface area contributed by atoms with E-state index in [0.29, 0.717) is 10.8 Å². The van der Waals surface area contributed by atoms with Gasteiger partial charge in [-0.15, -0.1) is 0 Å². The summed E-state index contributed by atoms with van der Waals surface area (Å²) in [7, 11) is 0. The fourth-order valence-electron chi connectivity index (χ4n) is 3.84. The van der Waals surface area contributed by atoms with E-state index < -0.39 is 0 Å². The molecule has 0 nitrogen and oxygen atoms in total. The van der Waals surface area contributed by atoms with Crippen LogP contribution in [0.25, 0.3) is 0 Å². The zero-order chi connectivity index (χ0) is 9.41.